The van der Waals surface area contributed by atoms with Crippen molar-refractivity contribution in [2.24, 2.45) is 5.84 Å². The van der Waals surface area contributed by atoms with E-state index < -0.39 is 0 Å². The van der Waals surface area contributed by atoms with E-state index in [1.807, 2.05) is 19.9 Å². The second-order valence-corrected chi connectivity index (χ2v) is 5.30. The van der Waals surface area contributed by atoms with E-state index in [2.05, 4.69) is 38.2 Å². The molecule has 0 aliphatic carbocycles. The van der Waals surface area contributed by atoms with Crippen LogP contribution in [0.3, 0.4) is 0 Å². The number of benzene rings is 1. The van der Waals surface area contributed by atoms with Gasteiger partial charge < -0.3 is 4.74 Å². The summed E-state index contributed by atoms with van der Waals surface area (Å²) in [5.74, 6) is 6.57. The van der Waals surface area contributed by atoms with Crippen molar-refractivity contribution < 1.29 is 4.74 Å². The molecule has 0 radical (unpaired) electrons. The van der Waals surface area contributed by atoms with Crippen LogP contribution in [0.5, 0.6) is 5.75 Å². The summed E-state index contributed by atoms with van der Waals surface area (Å²) in [6.45, 7) is 6.13. The summed E-state index contributed by atoms with van der Waals surface area (Å²) >= 11 is 3.64. The summed E-state index contributed by atoms with van der Waals surface area (Å²) in [5.41, 5.74) is 7.50. The summed E-state index contributed by atoms with van der Waals surface area (Å²) in [5, 5.41) is 0. The fourth-order valence-electron chi connectivity index (χ4n) is 2.21. The van der Waals surface area contributed by atoms with Crippen LogP contribution in [-0.2, 0) is 0 Å². The highest BCUT2D eigenvalue weighted by molar-refractivity contribution is 9.10. The molecule has 0 bridgehead atoms. The van der Waals surface area contributed by atoms with Crippen LogP contribution in [0, 0.1) is 20.8 Å². The average Bonchev–Trinajstić information content (AvgIpc) is 2.48. The lowest BCUT2D eigenvalue weighted by Gasteiger charge is -2.18. The number of rotatable bonds is 3. The van der Waals surface area contributed by atoms with Crippen LogP contribution in [0.1, 0.15) is 16.7 Å². The number of hydrogen-bond acceptors (Lipinski definition) is 5. The maximum absolute atomic E-state index is 5.59. The molecule has 0 spiro atoms. The number of hydrogen-bond donors (Lipinski definition) is 2. The molecule has 1 aromatic carbocycles. The van der Waals surface area contributed by atoms with Crippen LogP contribution in [0.25, 0.3) is 11.3 Å². The van der Waals surface area contributed by atoms with Gasteiger partial charge in [0.05, 0.1) is 12.8 Å². The van der Waals surface area contributed by atoms with Gasteiger partial charge in [0.25, 0.3) is 0 Å². The molecule has 0 amide bonds. The second-order valence-electron chi connectivity index (χ2n) is 4.51. The Hall–Kier alpha value is -1.66. The molecule has 5 nitrogen and oxygen atoms in total. The van der Waals surface area contributed by atoms with Gasteiger partial charge in [-0.05, 0) is 43.5 Å². The van der Waals surface area contributed by atoms with Gasteiger partial charge in [-0.25, -0.2) is 15.8 Å². The maximum Gasteiger partial charge on any atom is 0.237 e. The Morgan fingerprint density at radius 2 is 1.90 bits per heavy atom. The highest BCUT2D eigenvalue weighted by Gasteiger charge is 2.19. The molecule has 0 unspecified atom stereocenters. The zero-order chi connectivity index (χ0) is 14.9. The van der Waals surface area contributed by atoms with Crippen molar-refractivity contribution in [3.05, 3.63) is 33.4 Å². The van der Waals surface area contributed by atoms with Crippen molar-refractivity contribution >= 4 is 21.9 Å². The van der Waals surface area contributed by atoms with E-state index in [0.717, 1.165) is 38.2 Å². The van der Waals surface area contributed by atoms with E-state index >= 15 is 0 Å². The van der Waals surface area contributed by atoms with Crippen LogP contribution < -0.4 is 16.0 Å². The van der Waals surface area contributed by atoms with Crippen LogP contribution in [0.15, 0.2) is 16.7 Å². The maximum atomic E-state index is 5.59. The monoisotopic (exact) mass is 336 g/mol. The minimum Gasteiger partial charge on any atom is -0.496 e. The quantitative estimate of drug-likeness (QED) is 0.665. The first-order chi connectivity index (χ1) is 9.51. The topological polar surface area (TPSA) is 73.1 Å². The standard InChI is InChI=1S/C14H17BrN4O/c1-7-8(2)13(20-4)11(9(3)12(7)15)10-5-6-17-14(18-10)19-16/h5-6H,16H2,1-4H3,(H,17,18,19). The van der Waals surface area contributed by atoms with E-state index in [1.54, 1.807) is 13.3 Å². The molecule has 3 N–H and O–H groups in total. The number of hydrazine groups is 1. The lowest BCUT2D eigenvalue weighted by Crippen LogP contribution is -2.10. The molecule has 2 rings (SSSR count). The summed E-state index contributed by atoms with van der Waals surface area (Å²) < 4.78 is 6.65. The predicted molar refractivity (Wildman–Crippen MR) is 83.7 cm³/mol. The third kappa shape index (κ3) is 2.36. The number of halogens is 1. The number of methoxy groups -OCH3 is 1. The lowest BCUT2D eigenvalue weighted by molar-refractivity contribution is 0.412. The molecule has 0 aliphatic rings. The first-order valence-corrected chi connectivity index (χ1v) is 6.93. The van der Waals surface area contributed by atoms with Crippen LogP contribution in [0.2, 0.25) is 0 Å². The third-order valence-electron chi connectivity index (χ3n) is 3.41. The molecule has 0 fully saturated rings. The van der Waals surface area contributed by atoms with E-state index in [-0.39, 0.29) is 0 Å². The van der Waals surface area contributed by atoms with Gasteiger partial charge >= 0.3 is 0 Å². The fourth-order valence-corrected chi connectivity index (χ4v) is 2.71. The third-order valence-corrected chi connectivity index (χ3v) is 4.60. The average molecular weight is 337 g/mol. The van der Waals surface area contributed by atoms with Gasteiger partial charge in [0.1, 0.15) is 5.75 Å². The number of nitrogens with zero attached hydrogens (tertiary/aromatic N) is 2. The summed E-state index contributed by atoms with van der Waals surface area (Å²) in [7, 11) is 1.67. The highest BCUT2D eigenvalue weighted by atomic mass is 79.9. The normalized spacial score (nSPS) is 10.5. The largest absolute Gasteiger partial charge is 0.496 e. The molecule has 0 saturated carbocycles. The Bertz CT molecular complexity index is 658. The van der Waals surface area contributed by atoms with Crippen molar-refractivity contribution in [1.82, 2.24) is 9.97 Å². The van der Waals surface area contributed by atoms with Gasteiger partial charge in [-0.3, -0.25) is 5.43 Å². The van der Waals surface area contributed by atoms with E-state index in [1.165, 1.54) is 0 Å². The fraction of sp³-hybridized carbons (Fsp3) is 0.286. The van der Waals surface area contributed by atoms with Gasteiger partial charge in [-0.1, -0.05) is 15.9 Å². The van der Waals surface area contributed by atoms with Crippen molar-refractivity contribution in [2.45, 2.75) is 20.8 Å². The zero-order valence-electron chi connectivity index (χ0n) is 11.9. The van der Waals surface area contributed by atoms with Crippen molar-refractivity contribution in [3.8, 4) is 17.0 Å². The first-order valence-electron chi connectivity index (χ1n) is 6.14. The molecule has 2 aromatic rings. The van der Waals surface area contributed by atoms with Crippen molar-refractivity contribution in [3.63, 3.8) is 0 Å². The summed E-state index contributed by atoms with van der Waals surface area (Å²) in [6.07, 6.45) is 1.67. The molecule has 0 saturated heterocycles. The minimum absolute atomic E-state index is 0.373. The molecule has 1 heterocycles. The molecule has 0 aliphatic heterocycles. The SMILES string of the molecule is COc1c(C)c(C)c(Br)c(C)c1-c1ccnc(NN)n1. The molecule has 0 atom stereocenters. The van der Waals surface area contributed by atoms with E-state index in [4.69, 9.17) is 10.6 Å². The van der Waals surface area contributed by atoms with Crippen molar-refractivity contribution in [1.29, 1.82) is 0 Å². The zero-order valence-corrected chi connectivity index (χ0v) is 13.5. The number of anilines is 1. The second kappa shape index (κ2) is 5.76. The smallest absolute Gasteiger partial charge is 0.237 e. The molecular formula is C14H17BrN4O. The van der Waals surface area contributed by atoms with Gasteiger partial charge in [0, 0.05) is 16.2 Å². The molecular weight excluding hydrogens is 320 g/mol. The number of aromatic nitrogens is 2. The molecule has 6 heteroatoms. The molecule has 106 valence electrons. The highest BCUT2D eigenvalue weighted by Crippen LogP contribution is 2.41. The predicted octanol–water partition coefficient (Wildman–Crippen LogP) is 3.13. The van der Waals surface area contributed by atoms with E-state index in [9.17, 15) is 0 Å². The number of nitrogens with one attached hydrogen (secondary N) is 1. The van der Waals surface area contributed by atoms with E-state index in [0.29, 0.717) is 5.95 Å². The molecule has 1 aromatic heterocycles. The minimum atomic E-state index is 0.373. The Labute approximate surface area is 126 Å². The van der Waals surface area contributed by atoms with Crippen LogP contribution in [0.4, 0.5) is 5.95 Å². The molecule has 20 heavy (non-hydrogen) atoms. The summed E-state index contributed by atoms with van der Waals surface area (Å²) in [6, 6.07) is 1.84. The first kappa shape index (κ1) is 14.7. The van der Waals surface area contributed by atoms with Crippen LogP contribution >= 0.6 is 15.9 Å². The Morgan fingerprint density at radius 1 is 1.20 bits per heavy atom. The summed E-state index contributed by atoms with van der Waals surface area (Å²) in [4.78, 5) is 8.43. The lowest BCUT2D eigenvalue weighted by atomic mass is 9.96. The number of nitrogen functional groups attached to an aromatic ring is 1. The van der Waals surface area contributed by atoms with Crippen LogP contribution in [-0.4, -0.2) is 17.1 Å². The number of nitrogens with two attached hydrogens (primary N) is 1. The van der Waals surface area contributed by atoms with Gasteiger partial charge in [-0.15, -0.1) is 0 Å². The van der Waals surface area contributed by atoms with Crippen molar-refractivity contribution in [2.75, 3.05) is 12.5 Å². The number of ether oxygens (including phenoxy) is 1. The van der Waals surface area contributed by atoms with Gasteiger partial charge in [0.2, 0.25) is 5.95 Å². The van der Waals surface area contributed by atoms with Gasteiger partial charge in [-0.2, -0.15) is 0 Å². The van der Waals surface area contributed by atoms with Gasteiger partial charge in [0.15, 0.2) is 0 Å². The Balaban J connectivity index is 2.78. The Kier molecular flexibility index (Phi) is 4.25. The Morgan fingerprint density at radius 3 is 2.50 bits per heavy atom.